The maximum atomic E-state index is 5.73. The molecule has 82 valence electrons. The van der Waals surface area contributed by atoms with Crippen LogP contribution in [0, 0.1) is 0 Å². The van der Waals surface area contributed by atoms with Crippen molar-refractivity contribution in [3.05, 3.63) is 17.7 Å². The van der Waals surface area contributed by atoms with Gasteiger partial charge in [0, 0.05) is 25.2 Å². The molecule has 2 rings (SSSR count). The summed E-state index contributed by atoms with van der Waals surface area (Å²) in [5.41, 5.74) is 0.939. The largest absolute Gasteiger partial charge is 0.378 e. The minimum atomic E-state index is 0.463. The smallest absolute Gasteiger partial charge is 0.185 e. The van der Waals surface area contributed by atoms with Gasteiger partial charge < -0.3 is 9.64 Å². The van der Waals surface area contributed by atoms with E-state index in [1.807, 2.05) is 6.20 Å². The van der Waals surface area contributed by atoms with Gasteiger partial charge in [0.2, 0.25) is 0 Å². The molecule has 2 heterocycles. The maximum absolute atomic E-state index is 5.73. The quantitative estimate of drug-likeness (QED) is 0.763. The average Bonchev–Trinajstić information content (AvgIpc) is 2.78. The number of rotatable bonds is 3. The maximum Gasteiger partial charge on any atom is 0.185 e. The average molecular weight is 245 g/mol. The van der Waals surface area contributed by atoms with Gasteiger partial charge in [-0.25, -0.2) is 4.98 Å². The lowest BCUT2D eigenvalue weighted by Gasteiger charge is -2.25. The molecule has 3 nitrogen and oxygen atoms in total. The van der Waals surface area contributed by atoms with Crippen molar-refractivity contribution in [2.45, 2.75) is 0 Å². The number of hydrogen-bond acceptors (Lipinski definition) is 4. The van der Waals surface area contributed by atoms with Crippen LogP contribution in [0.1, 0.15) is 4.88 Å². The molecule has 1 aromatic heterocycles. The lowest BCUT2D eigenvalue weighted by Crippen LogP contribution is -2.36. The van der Waals surface area contributed by atoms with Crippen LogP contribution in [0.4, 0.5) is 5.13 Å². The van der Waals surface area contributed by atoms with Crippen molar-refractivity contribution in [2.24, 2.45) is 0 Å². The number of alkyl halides is 1. The molecule has 0 aromatic carbocycles. The van der Waals surface area contributed by atoms with Crippen LogP contribution in [0.25, 0.3) is 5.57 Å². The zero-order chi connectivity index (χ0) is 10.7. The first-order valence-electron chi connectivity index (χ1n) is 4.84. The lowest BCUT2D eigenvalue weighted by atomic mass is 10.3. The van der Waals surface area contributed by atoms with Crippen LogP contribution in [0.3, 0.4) is 0 Å². The summed E-state index contributed by atoms with van der Waals surface area (Å²) in [5, 5.41) is 1.04. The predicted molar refractivity (Wildman–Crippen MR) is 64.9 cm³/mol. The van der Waals surface area contributed by atoms with Gasteiger partial charge in [0.1, 0.15) is 0 Å². The predicted octanol–water partition coefficient (Wildman–Crippen LogP) is 2.23. The third kappa shape index (κ3) is 2.51. The van der Waals surface area contributed by atoms with E-state index in [2.05, 4.69) is 16.5 Å². The molecule has 1 aliphatic rings. The molecule has 0 aliphatic carbocycles. The first-order chi connectivity index (χ1) is 7.31. The molecular weight excluding hydrogens is 232 g/mol. The molecule has 0 saturated carbocycles. The summed E-state index contributed by atoms with van der Waals surface area (Å²) in [6.07, 6.45) is 1.85. The number of allylic oxidation sites excluding steroid dienone is 1. The number of nitrogens with zero attached hydrogens (tertiary/aromatic N) is 2. The molecule has 0 unspecified atom stereocenters. The summed E-state index contributed by atoms with van der Waals surface area (Å²) in [7, 11) is 0. The van der Waals surface area contributed by atoms with Gasteiger partial charge in [-0.1, -0.05) is 17.9 Å². The monoisotopic (exact) mass is 244 g/mol. The van der Waals surface area contributed by atoms with Crippen molar-refractivity contribution in [1.82, 2.24) is 4.98 Å². The molecule has 0 atom stereocenters. The van der Waals surface area contributed by atoms with Crippen molar-refractivity contribution >= 4 is 33.6 Å². The Bertz CT molecular complexity index is 347. The zero-order valence-corrected chi connectivity index (χ0v) is 9.98. The summed E-state index contributed by atoms with van der Waals surface area (Å²) in [6, 6.07) is 0. The van der Waals surface area contributed by atoms with Crippen LogP contribution in [0.5, 0.6) is 0 Å². The van der Waals surface area contributed by atoms with Crippen LogP contribution < -0.4 is 4.90 Å². The van der Waals surface area contributed by atoms with E-state index in [0.29, 0.717) is 5.88 Å². The Hall–Kier alpha value is -0.580. The Morgan fingerprint density at radius 1 is 1.60 bits per heavy atom. The number of morpholine rings is 1. The summed E-state index contributed by atoms with van der Waals surface area (Å²) in [5.74, 6) is 0.463. The fourth-order valence-electron chi connectivity index (χ4n) is 1.40. The third-order valence-electron chi connectivity index (χ3n) is 2.28. The van der Waals surface area contributed by atoms with E-state index in [0.717, 1.165) is 41.9 Å². The SMILES string of the molecule is C=C(CCl)c1cnc(N2CCOCC2)s1. The van der Waals surface area contributed by atoms with Gasteiger partial charge in [-0.2, -0.15) is 0 Å². The first kappa shape index (κ1) is 10.9. The number of anilines is 1. The molecule has 0 amide bonds. The first-order valence-corrected chi connectivity index (χ1v) is 6.19. The highest BCUT2D eigenvalue weighted by molar-refractivity contribution is 7.16. The van der Waals surface area contributed by atoms with Gasteiger partial charge in [-0.05, 0) is 5.57 Å². The molecule has 0 radical (unpaired) electrons. The highest BCUT2D eigenvalue weighted by Crippen LogP contribution is 2.27. The van der Waals surface area contributed by atoms with E-state index < -0.39 is 0 Å². The van der Waals surface area contributed by atoms with Crippen molar-refractivity contribution in [1.29, 1.82) is 0 Å². The molecular formula is C10H13ClN2OS. The fourth-order valence-corrected chi connectivity index (χ4v) is 2.55. The number of hydrogen-bond donors (Lipinski definition) is 0. The normalized spacial score (nSPS) is 16.7. The minimum absolute atomic E-state index is 0.463. The second-order valence-corrected chi connectivity index (χ2v) is 4.62. The molecule has 1 aromatic rings. The summed E-state index contributed by atoms with van der Waals surface area (Å²) < 4.78 is 5.29. The van der Waals surface area contributed by atoms with E-state index in [1.54, 1.807) is 11.3 Å². The molecule has 0 spiro atoms. The Morgan fingerprint density at radius 2 is 2.33 bits per heavy atom. The van der Waals surface area contributed by atoms with Crippen molar-refractivity contribution in [2.75, 3.05) is 37.1 Å². The molecule has 0 N–H and O–H groups in total. The van der Waals surface area contributed by atoms with E-state index in [4.69, 9.17) is 16.3 Å². The highest BCUT2D eigenvalue weighted by Gasteiger charge is 2.15. The van der Waals surface area contributed by atoms with Crippen LogP contribution in [0.15, 0.2) is 12.8 Å². The summed E-state index contributed by atoms with van der Waals surface area (Å²) in [4.78, 5) is 7.69. The van der Waals surface area contributed by atoms with Crippen molar-refractivity contribution in [3.8, 4) is 0 Å². The Morgan fingerprint density at radius 3 is 3.00 bits per heavy atom. The van der Waals surface area contributed by atoms with E-state index in [1.165, 1.54) is 0 Å². The second-order valence-electron chi connectivity index (χ2n) is 3.34. The van der Waals surface area contributed by atoms with Gasteiger partial charge in [0.25, 0.3) is 0 Å². The van der Waals surface area contributed by atoms with Crippen molar-refractivity contribution in [3.63, 3.8) is 0 Å². The van der Waals surface area contributed by atoms with Crippen LogP contribution in [-0.2, 0) is 4.74 Å². The van der Waals surface area contributed by atoms with E-state index in [9.17, 15) is 0 Å². The van der Waals surface area contributed by atoms with Gasteiger partial charge in [0.15, 0.2) is 5.13 Å². The molecule has 15 heavy (non-hydrogen) atoms. The number of halogens is 1. The molecule has 1 fully saturated rings. The Kier molecular flexibility index (Phi) is 3.61. The zero-order valence-electron chi connectivity index (χ0n) is 8.41. The van der Waals surface area contributed by atoms with Gasteiger partial charge in [0.05, 0.1) is 18.1 Å². The number of ether oxygens (including phenoxy) is 1. The third-order valence-corrected chi connectivity index (χ3v) is 3.77. The molecule has 5 heteroatoms. The second kappa shape index (κ2) is 4.96. The standard InChI is InChI=1S/C10H13ClN2OS/c1-8(6-11)9-7-12-10(15-9)13-2-4-14-5-3-13/h7H,1-6H2. The molecule has 1 saturated heterocycles. The van der Waals surface area contributed by atoms with Crippen LogP contribution in [-0.4, -0.2) is 37.2 Å². The molecule has 1 aliphatic heterocycles. The van der Waals surface area contributed by atoms with E-state index >= 15 is 0 Å². The van der Waals surface area contributed by atoms with Crippen molar-refractivity contribution < 1.29 is 4.74 Å². The van der Waals surface area contributed by atoms with Gasteiger partial charge >= 0.3 is 0 Å². The summed E-state index contributed by atoms with van der Waals surface area (Å²) in [6.45, 7) is 7.30. The highest BCUT2D eigenvalue weighted by atomic mass is 35.5. The number of aromatic nitrogens is 1. The fraction of sp³-hybridized carbons (Fsp3) is 0.500. The Labute approximate surface area is 98.3 Å². The lowest BCUT2D eigenvalue weighted by molar-refractivity contribution is 0.122. The topological polar surface area (TPSA) is 25.4 Å². The van der Waals surface area contributed by atoms with Gasteiger partial charge in [-0.15, -0.1) is 11.6 Å². The van der Waals surface area contributed by atoms with Crippen LogP contribution >= 0.6 is 22.9 Å². The minimum Gasteiger partial charge on any atom is -0.378 e. The van der Waals surface area contributed by atoms with Gasteiger partial charge in [-0.3, -0.25) is 0 Å². The number of thiazole rings is 1. The van der Waals surface area contributed by atoms with E-state index in [-0.39, 0.29) is 0 Å². The summed E-state index contributed by atoms with van der Waals surface area (Å²) >= 11 is 7.37. The Balaban J connectivity index is 2.08. The van der Waals surface area contributed by atoms with Crippen LogP contribution in [0.2, 0.25) is 0 Å². The molecule has 0 bridgehead atoms.